The predicted molar refractivity (Wildman–Crippen MR) is 75.5 cm³/mol. The van der Waals surface area contributed by atoms with E-state index in [2.05, 4.69) is 54.7 Å². The summed E-state index contributed by atoms with van der Waals surface area (Å²) < 4.78 is 5.37. The largest absolute Gasteiger partial charge is 0.497 e. The summed E-state index contributed by atoms with van der Waals surface area (Å²) in [6.45, 7) is 2.29. The zero-order chi connectivity index (χ0) is 13.0. The average molecular weight is 251 g/mol. The van der Waals surface area contributed by atoms with Gasteiger partial charge < -0.3 is 4.74 Å². The molecular formula is C17H17NO. The molecule has 96 valence electrons. The molecule has 2 heteroatoms. The molecule has 0 aliphatic carbocycles. The number of hydrogen-bond donors (Lipinski definition) is 1. The van der Waals surface area contributed by atoms with Gasteiger partial charge in [-0.25, -0.2) is 0 Å². The lowest BCUT2D eigenvalue weighted by molar-refractivity contribution is 0.388. The van der Waals surface area contributed by atoms with Crippen LogP contribution in [-0.4, -0.2) is 7.11 Å². The van der Waals surface area contributed by atoms with Crippen molar-refractivity contribution in [1.82, 2.24) is 5.32 Å². The first-order valence-electron chi connectivity index (χ1n) is 6.77. The van der Waals surface area contributed by atoms with Crippen LogP contribution in [0.15, 0.2) is 42.5 Å². The Morgan fingerprint density at radius 2 is 2.00 bits per heavy atom. The molecule has 0 saturated heterocycles. The molecule has 2 unspecified atom stereocenters. The van der Waals surface area contributed by atoms with E-state index in [9.17, 15) is 0 Å². The second-order valence-corrected chi connectivity index (χ2v) is 5.64. The highest BCUT2D eigenvalue weighted by atomic mass is 16.5. The van der Waals surface area contributed by atoms with Gasteiger partial charge in [-0.1, -0.05) is 30.3 Å². The van der Waals surface area contributed by atoms with Gasteiger partial charge in [0.2, 0.25) is 0 Å². The van der Waals surface area contributed by atoms with Crippen molar-refractivity contribution in [3.05, 3.63) is 64.7 Å². The molecule has 2 bridgehead atoms. The molecule has 0 amide bonds. The minimum atomic E-state index is -0.0544. The number of rotatable bonds is 1. The summed E-state index contributed by atoms with van der Waals surface area (Å²) in [4.78, 5) is 0. The SMILES string of the molecule is COc1ccc2c(c1)C1Cc3ccccc3C2(C)N1. The second-order valence-electron chi connectivity index (χ2n) is 5.64. The van der Waals surface area contributed by atoms with Crippen molar-refractivity contribution in [3.63, 3.8) is 0 Å². The minimum absolute atomic E-state index is 0.0544. The van der Waals surface area contributed by atoms with Crippen molar-refractivity contribution >= 4 is 0 Å². The van der Waals surface area contributed by atoms with Crippen molar-refractivity contribution in [2.24, 2.45) is 0 Å². The Labute approximate surface area is 113 Å². The van der Waals surface area contributed by atoms with Gasteiger partial charge in [0.15, 0.2) is 0 Å². The molecule has 2 aliphatic rings. The maximum Gasteiger partial charge on any atom is 0.119 e. The third kappa shape index (κ3) is 1.35. The van der Waals surface area contributed by atoms with E-state index in [1.807, 2.05) is 0 Å². The summed E-state index contributed by atoms with van der Waals surface area (Å²) in [7, 11) is 1.73. The molecule has 0 saturated carbocycles. The lowest BCUT2D eigenvalue weighted by atomic mass is 9.82. The van der Waals surface area contributed by atoms with Crippen molar-refractivity contribution in [1.29, 1.82) is 0 Å². The van der Waals surface area contributed by atoms with Crippen LogP contribution in [0.25, 0.3) is 0 Å². The average Bonchev–Trinajstić information content (AvgIpc) is 2.68. The van der Waals surface area contributed by atoms with Gasteiger partial charge in [0.25, 0.3) is 0 Å². The lowest BCUT2D eigenvalue weighted by Gasteiger charge is -2.34. The van der Waals surface area contributed by atoms with Crippen LogP contribution in [0.1, 0.15) is 35.2 Å². The number of ether oxygens (including phenoxy) is 1. The smallest absolute Gasteiger partial charge is 0.119 e. The fourth-order valence-electron chi connectivity index (χ4n) is 3.71. The number of hydrogen-bond acceptors (Lipinski definition) is 2. The zero-order valence-corrected chi connectivity index (χ0v) is 11.2. The highest BCUT2D eigenvalue weighted by Gasteiger charge is 2.45. The zero-order valence-electron chi connectivity index (χ0n) is 11.2. The topological polar surface area (TPSA) is 21.3 Å². The normalized spacial score (nSPS) is 26.7. The Balaban J connectivity index is 1.97. The summed E-state index contributed by atoms with van der Waals surface area (Å²) in [6.07, 6.45) is 1.06. The Hall–Kier alpha value is -1.80. The summed E-state index contributed by atoms with van der Waals surface area (Å²) in [5, 5.41) is 3.78. The number of benzene rings is 2. The number of fused-ring (bicyclic) bond motifs is 7. The van der Waals surface area contributed by atoms with Crippen molar-refractivity contribution in [2.75, 3.05) is 7.11 Å². The molecule has 2 heterocycles. The van der Waals surface area contributed by atoms with E-state index < -0.39 is 0 Å². The Bertz CT molecular complexity index is 664. The molecule has 2 nitrogen and oxygen atoms in total. The van der Waals surface area contributed by atoms with Gasteiger partial charge in [-0.3, -0.25) is 5.32 Å². The standard InChI is InChI=1S/C17H17NO/c1-17-14-6-4-3-5-11(14)9-16(18-17)13-10-12(19-2)7-8-15(13)17/h3-8,10,16,18H,9H2,1-2H3. The van der Waals surface area contributed by atoms with Crippen molar-refractivity contribution in [3.8, 4) is 5.75 Å². The maximum absolute atomic E-state index is 5.37. The molecule has 2 aromatic rings. The van der Waals surface area contributed by atoms with Crippen molar-refractivity contribution in [2.45, 2.75) is 24.9 Å². The first-order valence-corrected chi connectivity index (χ1v) is 6.77. The molecule has 1 N–H and O–H groups in total. The molecule has 2 atom stereocenters. The van der Waals surface area contributed by atoms with Gasteiger partial charge in [-0.15, -0.1) is 0 Å². The Morgan fingerprint density at radius 1 is 1.16 bits per heavy atom. The van der Waals surface area contributed by atoms with E-state index in [0.29, 0.717) is 6.04 Å². The summed E-state index contributed by atoms with van der Waals surface area (Å²) in [6, 6.07) is 15.6. The minimum Gasteiger partial charge on any atom is -0.497 e. The van der Waals surface area contributed by atoms with Gasteiger partial charge in [0.1, 0.15) is 5.75 Å². The molecule has 2 aliphatic heterocycles. The fourth-order valence-corrected chi connectivity index (χ4v) is 3.71. The van der Waals surface area contributed by atoms with Gasteiger partial charge in [-0.2, -0.15) is 0 Å². The Kier molecular flexibility index (Phi) is 2.10. The number of methoxy groups -OCH3 is 1. The molecule has 0 radical (unpaired) electrons. The van der Waals surface area contributed by atoms with Crippen LogP contribution < -0.4 is 10.1 Å². The highest BCUT2D eigenvalue weighted by molar-refractivity contribution is 5.56. The molecule has 0 aromatic heterocycles. The van der Waals surface area contributed by atoms with Crippen LogP contribution in [0.5, 0.6) is 5.75 Å². The molecule has 19 heavy (non-hydrogen) atoms. The molecular weight excluding hydrogens is 234 g/mol. The fraction of sp³-hybridized carbons (Fsp3) is 0.294. The van der Waals surface area contributed by atoms with Crippen LogP contribution in [0.3, 0.4) is 0 Å². The van der Waals surface area contributed by atoms with E-state index >= 15 is 0 Å². The van der Waals surface area contributed by atoms with Gasteiger partial charge >= 0.3 is 0 Å². The predicted octanol–water partition coefficient (Wildman–Crippen LogP) is 3.16. The van der Waals surface area contributed by atoms with Crippen LogP contribution in [0.2, 0.25) is 0 Å². The molecule has 4 rings (SSSR count). The van der Waals surface area contributed by atoms with E-state index in [0.717, 1.165) is 12.2 Å². The first-order chi connectivity index (χ1) is 9.22. The third-order valence-electron chi connectivity index (χ3n) is 4.62. The van der Waals surface area contributed by atoms with E-state index in [4.69, 9.17) is 4.74 Å². The molecule has 0 fully saturated rings. The first kappa shape index (κ1) is 11.1. The van der Waals surface area contributed by atoms with Crippen LogP contribution in [0, 0.1) is 0 Å². The van der Waals surface area contributed by atoms with E-state index in [-0.39, 0.29) is 5.54 Å². The maximum atomic E-state index is 5.37. The lowest BCUT2D eigenvalue weighted by Crippen LogP contribution is -2.41. The van der Waals surface area contributed by atoms with Crippen LogP contribution in [-0.2, 0) is 12.0 Å². The molecule has 0 spiro atoms. The Morgan fingerprint density at radius 3 is 2.84 bits per heavy atom. The van der Waals surface area contributed by atoms with Gasteiger partial charge in [0.05, 0.1) is 12.6 Å². The van der Waals surface area contributed by atoms with Gasteiger partial charge in [-0.05, 0) is 47.7 Å². The summed E-state index contributed by atoms with van der Waals surface area (Å²) in [5.74, 6) is 0.945. The van der Waals surface area contributed by atoms with E-state index in [1.165, 1.54) is 22.3 Å². The van der Waals surface area contributed by atoms with Crippen LogP contribution >= 0.6 is 0 Å². The second kappa shape index (κ2) is 3.61. The van der Waals surface area contributed by atoms with Crippen LogP contribution in [0.4, 0.5) is 0 Å². The van der Waals surface area contributed by atoms with Crippen molar-refractivity contribution < 1.29 is 4.74 Å². The highest BCUT2D eigenvalue weighted by Crippen LogP contribution is 2.48. The van der Waals surface area contributed by atoms with E-state index in [1.54, 1.807) is 7.11 Å². The monoisotopic (exact) mass is 251 g/mol. The third-order valence-corrected chi connectivity index (χ3v) is 4.62. The quantitative estimate of drug-likeness (QED) is 0.840. The number of nitrogens with one attached hydrogen (secondary N) is 1. The summed E-state index contributed by atoms with van der Waals surface area (Å²) in [5.41, 5.74) is 5.60. The van der Waals surface area contributed by atoms with Gasteiger partial charge in [0, 0.05) is 6.04 Å². The molecule has 2 aromatic carbocycles. The summed E-state index contributed by atoms with van der Waals surface area (Å²) >= 11 is 0.